The predicted octanol–water partition coefficient (Wildman–Crippen LogP) is 3.57. The minimum atomic E-state index is -0.334. The van der Waals surface area contributed by atoms with E-state index < -0.39 is 0 Å². The molecular weight excluding hydrogens is 318 g/mol. The predicted molar refractivity (Wildman–Crippen MR) is 88.6 cm³/mol. The molecule has 2 aromatic carbocycles. The summed E-state index contributed by atoms with van der Waals surface area (Å²) < 4.78 is 10.5. The summed E-state index contributed by atoms with van der Waals surface area (Å²) in [6.07, 6.45) is 0. The molecule has 0 bridgehead atoms. The minimum absolute atomic E-state index is 0.182. The van der Waals surface area contributed by atoms with Gasteiger partial charge in [0.25, 0.3) is 5.91 Å². The summed E-state index contributed by atoms with van der Waals surface area (Å²) in [5.74, 6) is 0.510. The number of carbonyl (C=O) groups is 2. The van der Waals surface area contributed by atoms with Crippen LogP contribution >= 0.6 is 11.6 Å². The van der Waals surface area contributed by atoms with E-state index in [0.29, 0.717) is 27.8 Å². The summed E-state index contributed by atoms with van der Waals surface area (Å²) in [5, 5.41) is 3.13. The van der Waals surface area contributed by atoms with E-state index >= 15 is 0 Å². The molecular formula is C17H16ClNO4. The number of halogens is 1. The second kappa shape index (κ2) is 7.65. The minimum Gasteiger partial charge on any atom is -0.497 e. The van der Waals surface area contributed by atoms with E-state index in [4.69, 9.17) is 21.1 Å². The SMILES string of the molecule is COc1ccc(NC(=O)COc2ccc(Cl)cc2C(C)=O)cc1. The van der Waals surface area contributed by atoms with Crippen LogP contribution < -0.4 is 14.8 Å². The van der Waals surface area contributed by atoms with Gasteiger partial charge in [-0.05, 0) is 49.4 Å². The maximum Gasteiger partial charge on any atom is 0.262 e. The smallest absolute Gasteiger partial charge is 0.262 e. The quantitative estimate of drug-likeness (QED) is 0.821. The van der Waals surface area contributed by atoms with Crippen molar-refractivity contribution in [3.8, 4) is 11.5 Å². The van der Waals surface area contributed by atoms with Crippen LogP contribution in [-0.4, -0.2) is 25.4 Å². The van der Waals surface area contributed by atoms with Crippen LogP contribution in [0, 0.1) is 0 Å². The van der Waals surface area contributed by atoms with Crippen LogP contribution in [0.4, 0.5) is 5.69 Å². The van der Waals surface area contributed by atoms with Gasteiger partial charge in [0.05, 0.1) is 12.7 Å². The van der Waals surface area contributed by atoms with Gasteiger partial charge < -0.3 is 14.8 Å². The first-order valence-electron chi connectivity index (χ1n) is 6.87. The van der Waals surface area contributed by atoms with E-state index in [2.05, 4.69) is 5.32 Å². The van der Waals surface area contributed by atoms with E-state index in [0.717, 1.165) is 0 Å². The lowest BCUT2D eigenvalue weighted by molar-refractivity contribution is -0.118. The Hall–Kier alpha value is -2.53. The van der Waals surface area contributed by atoms with E-state index in [1.54, 1.807) is 43.5 Å². The molecule has 0 aromatic heterocycles. The summed E-state index contributed by atoms with van der Waals surface area (Å²) >= 11 is 5.86. The van der Waals surface area contributed by atoms with Crippen LogP contribution in [-0.2, 0) is 4.79 Å². The second-order valence-corrected chi connectivity index (χ2v) is 5.20. The molecule has 5 nitrogen and oxygen atoms in total. The monoisotopic (exact) mass is 333 g/mol. The average molecular weight is 334 g/mol. The number of ketones is 1. The third-order valence-electron chi connectivity index (χ3n) is 3.05. The zero-order chi connectivity index (χ0) is 16.8. The van der Waals surface area contributed by atoms with Crippen molar-refractivity contribution in [2.75, 3.05) is 19.0 Å². The van der Waals surface area contributed by atoms with Crippen LogP contribution in [0.15, 0.2) is 42.5 Å². The van der Waals surface area contributed by atoms with Gasteiger partial charge in [-0.15, -0.1) is 0 Å². The van der Waals surface area contributed by atoms with Gasteiger partial charge in [0, 0.05) is 10.7 Å². The van der Waals surface area contributed by atoms with Crippen molar-refractivity contribution in [3.63, 3.8) is 0 Å². The molecule has 0 spiro atoms. The Labute approximate surface area is 139 Å². The average Bonchev–Trinajstić information content (AvgIpc) is 2.54. The summed E-state index contributed by atoms with van der Waals surface area (Å²) in [4.78, 5) is 23.5. The summed E-state index contributed by atoms with van der Waals surface area (Å²) in [6, 6.07) is 11.6. The normalized spacial score (nSPS) is 10.0. The number of hydrogen-bond donors (Lipinski definition) is 1. The van der Waals surface area contributed by atoms with Crippen molar-refractivity contribution in [2.24, 2.45) is 0 Å². The van der Waals surface area contributed by atoms with Crippen LogP contribution in [0.3, 0.4) is 0 Å². The Morgan fingerprint density at radius 2 is 1.83 bits per heavy atom. The Bertz CT molecular complexity index is 713. The van der Waals surface area contributed by atoms with Crippen molar-refractivity contribution in [2.45, 2.75) is 6.92 Å². The first-order chi connectivity index (χ1) is 11.0. The fourth-order valence-electron chi connectivity index (χ4n) is 1.92. The molecule has 0 aliphatic rings. The largest absolute Gasteiger partial charge is 0.497 e. The highest BCUT2D eigenvalue weighted by Gasteiger charge is 2.11. The number of amides is 1. The Balaban J connectivity index is 1.97. The van der Waals surface area contributed by atoms with Crippen LogP contribution in [0.2, 0.25) is 5.02 Å². The van der Waals surface area contributed by atoms with Crippen molar-refractivity contribution in [3.05, 3.63) is 53.1 Å². The number of rotatable bonds is 6. The molecule has 0 unspecified atom stereocenters. The lowest BCUT2D eigenvalue weighted by Gasteiger charge is -2.11. The number of methoxy groups -OCH3 is 1. The first-order valence-corrected chi connectivity index (χ1v) is 7.24. The van der Waals surface area contributed by atoms with Crippen LogP contribution in [0.25, 0.3) is 0 Å². The van der Waals surface area contributed by atoms with Gasteiger partial charge in [-0.3, -0.25) is 9.59 Å². The number of hydrogen-bond acceptors (Lipinski definition) is 4. The highest BCUT2D eigenvalue weighted by atomic mass is 35.5. The molecule has 1 N–H and O–H groups in total. The Kier molecular flexibility index (Phi) is 5.60. The van der Waals surface area contributed by atoms with Gasteiger partial charge in [-0.2, -0.15) is 0 Å². The van der Waals surface area contributed by atoms with Crippen LogP contribution in [0.5, 0.6) is 11.5 Å². The van der Waals surface area contributed by atoms with Crippen molar-refractivity contribution in [1.82, 2.24) is 0 Å². The van der Waals surface area contributed by atoms with Gasteiger partial charge in [0.1, 0.15) is 11.5 Å². The molecule has 0 fully saturated rings. The van der Waals surface area contributed by atoms with Crippen molar-refractivity contribution in [1.29, 1.82) is 0 Å². The zero-order valence-electron chi connectivity index (χ0n) is 12.8. The standard InChI is InChI=1S/C17H16ClNO4/c1-11(20)15-9-12(18)3-8-16(15)23-10-17(21)19-13-4-6-14(22-2)7-5-13/h3-9H,10H2,1-2H3,(H,19,21). The molecule has 0 saturated heterocycles. The van der Waals surface area contributed by atoms with E-state index in [-0.39, 0.29) is 18.3 Å². The Morgan fingerprint density at radius 1 is 1.13 bits per heavy atom. The molecule has 6 heteroatoms. The molecule has 2 rings (SSSR count). The summed E-state index contributed by atoms with van der Waals surface area (Å²) in [6.45, 7) is 1.20. The fraction of sp³-hybridized carbons (Fsp3) is 0.176. The third kappa shape index (κ3) is 4.72. The number of anilines is 1. The highest BCUT2D eigenvalue weighted by molar-refractivity contribution is 6.31. The second-order valence-electron chi connectivity index (χ2n) is 4.76. The number of nitrogens with one attached hydrogen (secondary N) is 1. The van der Waals surface area contributed by atoms with Gasteiger partial charge in [-0.1, -0.05) is 11.6 Å². The van der Waals surface area contributed by atoms with Gasteiger partial charge in [0.15, 0.2) is 12.4 Å². The zero-order valence-corrected chi connectivity index (χ0v) is 13.5. The lowest BCUT2D eigenvalue weighted by atomic mass is 10.1. The van der Waals surface area contributed by atoms with E-state index in [9.17, 15) is 9.59 Å². The maximum atomic E-state index is 11.9. The maximum absolute atomic E-state index is 11.9. The van der Waals surface area contributed by atoms with E-state index in [1.807, 2.05) is 0 Å². The molecule has 0 heterocycles. The molecule has 0 aliphatic heterocycles. The topological polar surface area (TPSA) is 64.6 Å². The number of ether oxygens (including phenoxy) is 2. The van der Waals surface area contributed by atoms with Crippen molar-refractivity contribution < 1.29 is 19.1 Å². The summed E-state index contributed by atoms with van der Waals surface area (Å²) in [7, 11) is 1.57. The molecule has 0 saturated carbocycles. The number of Topliss-reactive ketones (excluding diaryl/α,β-unsaturated/α-hetero) is 1. The first kappa shape index (κ1) is 16.8. The molecule has 1 amide bonds. The highest BCUT2D eigenvalue weighted by Crippen LogP contribution is 2.23. The lowest BCUT2D eigenvalue weighted by Crippen LogP contribution is -2.20. The molecule has 0 atom stereocenters. The van der Waals surface area contributed by atoms with Gasteiger partial charge >= 0.3 is 0 Å². The number of carbonyl (C=O) groups excluding carboxylic acids is 2. The van der Waals surface area contributed by atoms with Gasteiger partial charge in [0.2, 0.25) is 0 Å². The molecule has 120 valence electrons. The van der Waals surface area contributed by atoms with Crippen molar-refractivity contribution >= 4 is 29.0 Å². The van der Waals surface area contributed by atoms with Gasteiger partial charge in [-0.25, -0.2) is 0 Å². The van der Waals surface area contributed by atoms with E-state index in [1.165, 1.54) is 13.0 Å². The summed E-state index contributed by atoms with van der Waals surface area (Å²) in [5.41, 5.74) is 0.969. The number of benzene rings is 2. The molecule has 2 aromatic rings. The molecule has 0 aliphatic carbocycles. The third-order valence-corrected chi connectivity index (χ3v) is 3.29. The Morgan fingerprint density at radius 3 is 2.43 bits per heavy atom. The fourth-order valence-corrected chi connectivity index (χ4v) is 2.09. The molecule has 0 radical (unpaired) electrons. The van der Waals surface area contributed by atoms with Crippen LogP contribution in [0.1, 0.15) is 17.3 Å². The molecule has 23 heavy (non-hydrogen) atoms.